The Hall–Kier alpha value is -3.09. The lowest BCUT2D eigenvalue weighted by molar-refractivity contribution is -0.116. The van der Waals surface area contributed by atoms with E-state index in [-0.39, 0.29) is 23.5 Å². The van der Waals surface area contributed by atoms with Gasteiger partial charge in [-0.1, -0.05) is 12.1 Å². The molecule has 0 bridgehead atoms. The highest BCUT2D eigenvalue weighted by Gasteiger charge is 2.17. The summed E-state index contributed by atoms with van der Waals surface area (Å²) < 4.78 is 1.52. The monoisotopic (exact) mass is 354 g/mol. The number of pyridine rings is 1. The van der Waals surface area contributed by atoms with Crippen LogP contribution in [0.3, 0.4) is 0 Å². The maximum atomic E-state index is 12.2. The molecule has 7 heteroatoms. The lowest BCUT2D eigenvalue weighted by Gasteiger charge is -2.20. The van der Waals surface area contributed by atoms with Crippen LogP contribution in [0.1, 0.15) is 37.4 Å². The van der Waals surface area contributed by atoms with Crippen LogP contribution in [0.2, 0.25) is 0 Å². The van der Waals surface area contributed by atoms with Gasteiger partial charge in [0.05, 0.1) is 11.7 Å². The molecule has 3 N–H and O–H groups in total. The molecule has 3 amide bonds. The minimum atomic E-state index is -0.343. The number of carbonyl (C=O) groups is 2. The molecule has 0 aliphatic carbocycles. The molecular weight excluding hydrogens is 332 g/mol. The number of amides is 3. The average molecular weight is 354 g/mol. The Balaban J connectivity index is 1.66. The predicted octanol–water partition coefficient (Wildman–Crippen LogP) is 2.64. The molecule has 0 fully saturated rings. The summed E-state index contributed by atoms with van der Waals surface area (Å²) in [7, 11) is 0. The molecule has 2 aromatic rings. The molecule has 0 saturated carbocycles. The van der Waals surface area contributed by atoms with Gasteiger partial charge >= 0.3 is 6.03 Å². The maximum Gasteiger partial charge on any atom is 0.319 e. The van der Waals surface area contributed by atoms with Crippen molar-refractivity contribution in [2.75, 3.05) is 10.6 Å². The largest absolute Gasteiger partial charge is 0.331 e. The van der Waals surface area contributed by atoms with Crippen molar-refractivity contribution in [2.24, 2.45) is 0 Å². The number of hydrogen-bond acceptors (Lipinski definition) is 3. The van der Waals surface area contributed by atoms with E-state index in [2.05, 4.69) is 16.0 Å². The minimum absolute atomic E-state index is 0.0317. The molecule has 1 atom stereocenters. The molecule has 26 heavy (non-hydrogen) atoms. The standard InChI is InChI=1S/C19H22N4O3/c1-3-23-11-15(6-9-18(23)25)21-19(26)20-12(2)13-4-7-16-14(10-13)5-8-17(24)22-16/h4,6-7,9-12H,3,5,8H2,1-2H3,(H,22,24)(H2,20,21,26). The second-order valence-corrected chi connectivity index (χ2v) is 6.33. The zero-order chi connectivity index (χ0) is 18.7. The fourth-order valence-electron chi connectivity index (χ4n) is 2.97. The SMILES string of the molecule is CCn1cc(NC(=O)NC(C)c2ccc3c(c2)CCC(=O)N3)ccc1=O. The van der Waals surface area contributed by atoms with E-state index in [1.165, 1.54) is 10.6 Å². The third-order valence-electron chi connectivity index (χ3n) is 4.45. The molecule has 0 saturated heterocycles. The zero-order valence-corrected chi connectivity index (χ0v) is 14.8. The second-order valence-electron chi connectivity index (χ2n) is 6.33. The smallest absolute Gasteiger partial charge is 0.319 e. The van der Waals surface area contributed by atoms with Crippen molar-refractivity contribution in [1.29, 1.82) is 0 Å². The average Bonchev–Trinajstić information content (AvgIpc) is 2.62. The van der Waals surface area contributed by atoms with E-state index in [1.54, 1.807) is 12.3 Å². The van der Waals surface area contributed by atoms with Crippen LogP contribution in [0.15, 0.2) is 41.3 Å². The minimum Gasteiger partial charge on any atom is -0.331 e. The first-order valence-corrected chi connectivity index (χ1v) is 8.67. The Labute approximate surface area is 151 Å². The molecule has 1 aromatic heterocycles. The van der Waals surface area contributed by atoms with Gasteiger partial charge in [-0.05, 0) is 43.5 Å². The first kappa shape index (κ1) is 17.7. The molecule has 3 rings (SSSR count). The summed E-state index contributed by atoms with van der Waals surface area (Å²) in [6.07, 6.45) is 2.80. The number of nitrogens with zero attached hydrogens (tertiary/aromatic N) is 1. The fourth-order valence-corrected chi connectivity index (χ4v) is 2.97. The number of aryl methyl sites for hydroxylation is 2. The molecule has 0 radical (unpaired) electrons. The van der Waals surface area contributed by atoms with E-state index in [4.69, 9.17) is 0 Å². The highest BCUT2D eigenvalue weighted by Crippen LogP contribution is 2.26. The summed E-state index contributed by atoms with van der Waals surface area (Å²) in [6, 6.07) is 8.25. The number of urea groups is 1. The zero-order valence-electron chi connectivity index (χ0n) is 14.8. The van der Waals surface area contributed by atoms with Gasteiger partial charge < -0.3 is 20.5 Å². The molecule has 2 heterocycles. The molecule has 7 nitrogen and oxygen atoms in total. The van der Waals surface area contributed by atoms with Crippen molar-refractivity contribution in [3.63, 3.8) is 0 Å². The summed E-state index contributed by atoms with van der Waals surface area (Å²) in [4.78, 5) is 35.3. The van der Waals surface area contributed by atoms with Gasteiger partial charge in [0.15, 0.2) is 0 Å². The third kappa shape index (κ3) is 3.93. The molecule has 1 aromatic carbocycles. The number of nitrogens with one attached hydrogen (secondary N) is 3. The summed E-state index contributed by atoms with van der Waals surface area (Å²) in [5.41, 5.74) is 3.33. The number of aromatic nitrogens is 1. The number of rotatable bonds is 4. The van der Waals surface area contributed by atoms with E-state index in [9.17, 15) is 14.4 Å². The third-order valence-corrected chi connectivity index (χ3v) is 4.45. The van der Waals surface area contributed by atoms with Crippen LogP contribution in [0.4, 0.5) is 16.2 Å². The fraction of sp³-hybridized carbons (Fsp3) is 0.316. The summed E-state index contributed by atoms with van der Waals surface area (Å²) in [5, 5.41) is 8.48. The lowest BCUT2D eigenvalue weighted by Crippen LogP contribution is -2.32. The van der Waals surface area contributed by atoms with Gasteiger partial charge in [-0.15, -0.1) is 0 Å². The van der Waals surface area contributed by atoms with Crippen LogP contribution in [-0.2, 0) is 17.8 Å². The molecule has 1 unspecified atom stereocenters. The van der Waals surface area contributed by atoms with Crippen LogP contribution in [0.5, 0.6) is 0 Å². The first-order chi connectivity index (χ1) is 12.5. The van der Waals surface area contributed by atoms with E-state index in [0.29, 0.717) is 25.1 Å². The number of fused-ring (bicyclic) bond motifs is 1. The van der Waals surface area contributed by atoms with Crippen LogP contribution >= 0.6 is 0 Å². The normalized spacial score (nSPS) is 14.2. The first-order valence-electron chi connectivity index (χ1n) is 8.67. The Morgan fingerprint density at radius 1 is 1.23 bits per heavy atom. The molecule has 1 aliphatic rings. The van der Waals surface area contributed by atoms with E-state index in [0.717, 1.165) is 16.8 Å². The number of benzene rings is 1. The van der Waals surface area contributed by atoms with Crippen molar-refractivity contribution in [1.82, 2.24) is 9.88 Å². The Morgan fingerprint density at radius 3 is 2.81 bits per heavy atom. The highest BCUT2D eigenvalue weighted by molar-refractivity contribution is 5.94. The van der Waals surface area contributed by atoms with Gasteiger partial charge in [0.1, 0.15) is 0 Å². The maximum absolute atomic E-state index is 12.2. The van der Waals surface area contributed by atoms with Crippen molar-refractivity contribution >= 4 is 23.3 Å². The number of anilines is 2. The molecule has 136 valence electrons. The highest BCUT2D eigenvalue weighted by atomic mass is 16.2. The van der Waals surface area contributed by atoms with Crippen LogP contribution in [0.25, 0.3) is 0 Å². The van der Waals surface area contributed by atoms with Crippen molar-refractivity contribution in [3.05, 3.63) is 58.0 Å². The van der Waals surface area contributed by atoms with Crippen LogP contribution < -0.4 is 21.5 Å². The van der Waals surface area contributed by atoms with Gasteiger partial charge in [-0.2, -0.15) is 0 Å². The molecular formula is C19H22N4O3. The van der Waals surface area contributed by atoms with Gasteiger partial charge in [0.2, 0.25) is 5.91 Å². The summed E-state index contributed by atoms with van der Waals surface area (Å²) in [6.45, 7) is 4.31. The summed E-state index contributed by atoms with van der Waals surface area (Å²) in [5.74, 6) is 0.0317. The van der Waals surface area contributed by atoms with E-state index < -0.39 is 0 Å². The lowest BCUT2D eigenvalue weighted by atomic mass is 9.98. The molecule has 0 spiro atoms. The van der Waals surface area contributed by atoms with E-state index >= 15 is 0 Å². The summed E-state index contributed by atoms with van der Waals surface area (Å²) >= 11 is 0. The Kier molecular flexibility index (Phi) is 5.06. The Bertz CT molecular complexity index is 904. The van der Waals surface area contributed by atoms with Gasteiger partial charge in [0, 0.05) is 30.9 Å². The van der Waals surface area contributed by atoms with Crippen molar-refractivity contribution in [3.8, 4) is 0 Å². The quantitative estimate of drug-likeness (QED) is 0.788. The van der Waals surface area contributed by atoms with Gasteiger partial charge in [0.25, 0.3) is 5.56 Å². The van der Waals surface area contributed by atoms with Crippen LogP contribution in [0, 0.1) is 0 Å². The van der Waals surface area contributed by atoms with Crippen LogP contribution in [-0.4, -0.2) is 16.5 Å². The van der Waals surface area contributed by atoms with Crippen molar-refractivity contribution in [2.45, 2.75) is 39.3 Å². The van der Waals surface area contributed by atoms with Gasteiger partial charge in [-0.3, -0.25) is 9.59 Å². The molecule has 1 aliphatic heterocycles. The number of hydrogen-bond donors (Lipinski definition) is 3. The second kappa shape index (κ2) is 7.43. The van der Waals surface area contributed by atoms with Gasteiger partial charge in [-0.25, -0.2) is 4.79 Å². The topological polar surface area (TPSA) is 92.2 Å². The Morgan fingerprint density at radius 2 is 2.04 bits per heavy atom. The number of carbonyl (C=O) groups excluding carboxylic acids is 2. The van der Waals surface area contributed by atoms with Crippen molar-refractivity contribution < 1.29 is 9.59 Å². The predicted molar refractivity (Wildman–Crippen MR) is 100 cm³/mol. The van der Waals surface area contributed by atoms with E-state index in [1.807, 2.05) is 32.0 Å².